The highest BCUT2D eigenvalue weighted by molar-refractivity contribution is 5.99. The molecule has 0 amide bonds. The van der Waals surface area contributed by atoms with Crippen molar-refractivity contribution < 1.29 is 0 Å². The molecule has 0 nitrogen and oxygen atoms in total. The molecule has 3 aliphatic rings. The molecule has 0 aliphatic heterocycles. The second-order valence-corrected chi connectivity index (χ2v) is 7.74. The topological polar surface area (TPSA) is 0 Å². The van der Waals surface area contributed by atoms with Crippen molar-refractivity contribution in [2.24, 2.45) is 0 Å². The Bertz CT molecular complexity index is 1230. The molecule has 0 heteroatoms. The van der Waals surface area contributed by atoms with Gasteiger partial charge in [0.1, 0.15) is 0 Å². The number of allylic oxidation sites excluding steroid dienone is 8. The second kappa shape index (κ2) is 5.81. The van der Waals surface area contributed by atoms with Gasteiger partial charge in [0.25, 0.3) is 0 Å². The quantitative estimate of drug-likeness (QED) is 0.402. The average molecular weight is 356 g/mol. The number of rotatable bonds is 0. The summed E-state index contributed by atoms with van der Waals surface area (Å²) in [4.78, 5) is 0. The summed E-state index contributed by atoms with van der Waals surface area (Å²) in [5.41, 5.74) is 10.7. The fourth-order valence-corrected chi connectivity index (χ4v) is 5.26. The van der Waals surface area contributed by atoms with E-state index in [4.69, 9.17) is 0 Å². The van der Waals surface area contributed by atoms with Gasteiger partial charge in [-0.25, -0.2) is 0 Å². The Morgan fingerprint density at radius 3 is 1.96 bits per heavy atom. The van der Waals surface area contributed by atoms with E-state index >= 15 is 0 Å². The predicted molar refractivity (Wildman–Crippen MR) is 118 cm³/mol. The van der Waals surface area contributed by atoms with E-state index in [1.807, 2.05) is 0 Å². The third-order valence-corrected chi connectivity index (χ3v) is 6.44. The minimum atomic E-state index is -0.135. The molecule has 0 fully saturated rings. The molecule has 0 saturated carbocycles. The van der Waals surface area contributed by atoms with Crippen molar-refractivity contribution in [3.63, 3.8) is 0 Å². The van der Waals surface area contributed by atoms with Gasteiger partial charge in [-0.15, -0.1) is 0 Å². The first-order valence-corrected chi connectivity index (χ1v) is 9.94. The van der Waals surface area contributed by atoms with Gasteiger partial charge in [-0.1, -0.05) is 109 Å². The van der Waals surface area contributed by atoms with Gasteiger partial charge in [-0.3, -0.25) is 0 Å². The van der Waals surface area contributed by atoms with E-state index in [9.17, 15) is 0 Å². The van der Waals surface area contributed by atoms with E-state index in [0.717, 1.165) is 6.42 Å². The Balaban J connectivity index is 1.84. The molecule has 3 aliphatic carbocycles. The van der Waals surface area contributed by atoms with E-state index in [2.05, 4.69) is 109 Å². The lowest BCUT2D eigenvalue weighted by molar-refractivity contribution is 0.663. The molecule has 0 radical (unpaired) electrons. The molecule has 0 N–H and O–H groups in total. The molecule has 0 bridgehead atoms. The number of hydrogen-bond donors (Lipinski definition) is 0. The van der Waals surface area contributed by atoms with Gasteiger partial charge in [0, 0.05) is 5.41 Å². The molecule has 1 spiro atoms. The van der Waals surface area contributed by atoms with E-state index in [1.165, 1.54) is 44.5 Å². The zero-order chi connectivity index (χ0) is 18.6. The van der Waals surface area contributed by atoms with E-state index in [1.54, 1.807) is 0 Å². The standard InChI is InChI=1S/C28H20/c1-2-13-22-21(12-1)23-14-3-4-15-25(23)27-18-9-11-20-10-7-8-19-28(20,27)26-17-6-5-16-24(22)26/h1-18H,19H2. The van der Waals surface area contributed by atoms with Crippen molar-refractivity contribution in [1.29, 1.82) is 0 Å². The number of benzene rings is 3. The molecule has 28 heavy (non-hydrogen) atoms. The average Bonchev–Trinajstić information content (AvgIpc) is 2.78. The molecular weight excluding hydrogens is 336 g/mol. The summed E-state index contributed by atoms with van der Waals surface area (Å²) in [5.74, 6) is 0. The number of hydrogen-bond acceptors (Lipinski definition) is 0. The molecule has 3 aromatic rings. The lowest BCUT2D eigenvalue weighted by Gasteiger charge is -2.44. The van der Waals surface area contributed by atoms with Gasteiger partial charge in [0.2, 0.25) is 0 Å². The highest BCUT2D eigenvalue weighted by Gasteiger charge is 2.43. The second-order valence-electron chi connectivity index (χ2n) is 7.74. The van der Waals surface area contributed by atoms with Crippen LogP contribution in [0.1, 0.15) is 17.5 Å². The minimum absolute atomic E-state index is 0.135. The van der Waals surface area contributed by atoms with Crippen LogP contribution in [0.5, 0.6) is 0 Å². The van der Waals surface area contributed by atoms with Crippen LogP contribution in [-0.4, -0.2) is 0 Å². The minimum Gasteiger partial charge on any atom is -0.0830 e. The maximum atomic E-state index is 2.33. The summed E-state index contributed by atoms with van der Waals surface area (Å²) in [5, 5.41) is 0. The molecule has 0 heterocycles. The summed E-state index contributed by atoms with van der Waals surface area (Å²) >= 11 is 0. The summed E-state index contributed by atoms with van der Waals surface area (Å²) < 4.78 is 0. The van der Waals surface area contributed by atoms with E-state index in [-0.39, 0.29) is 5.41 Å². The van der Waals surface area contributed by atoms with Crippen LogP contribution in [0.2, 0.25) is 0 Å². The zero-order valence-electron chi connectivity index (χ0n) is 15.6. The van der Waals surface area contributed by atoms with Crippen LogP contribution in [0.15, 0.2) is 115 Å². The zero-order valence-corrected chi connectivity index (χ0v) is 15.6. The first-order chi connectivity index (χ1) is 13.9. The third-order valence-electron chi connectivity index (χ3n) is 6.44. The highest BCUT2D eigenvalue weighted by atomic mass is 14.5. The van der Waals surface area contributed by atoms with Crippen LogP contribution in [0.4, 0.5) is 0 Å². The summed E-state index contributed by atoms with van der Waals surface area (Å²) in [6, 6.07) is 26.7. The summed E-state index contributed by atoms with van der Waals surface area (Å²) in [6.07, 6.45) is 14.6. The Morgan fingerprint density at radius 2 is 1.18 bits per heavy atom. The SMILES string of the molecule is C1=CCC23C(=C1)C=CC=C2c1ccccc1-c1ccccc1-c1ccccc13. The Morgan fingerprint density at radius 1 is 0.571 bits per heavy atom. The summed E-state index contributed by atoms with van der Waals surface area (Å²) in [7, 11) is 0. The van der Waals surface area contributed by atoms with E-state index in [0.29, 0.717) is 0 Å². The van der Waals surface area contributed by atoms with Crippen molar-refractivity contribution in [3.8, 4) is 22.3 Å². The van der Waals surface area contributed by atoms with Crippen LogP contribution in [-0.2, 0) is 5.41 Å². The highest BCUT2D eigenvalue weighted by Crippen LogP contribution is 2.56. The first kappa shape index (κ1) is 15.7. The van der Waals surface area contributed by atoms with Crippen molar-refractivity contribution in [3.05, 3.63) is 126 Å². The van der Waals surface area contributed by atoms with Gasteiger partial charge < -0.3 is 0 Å². The molecular formula is C28H20. The van der Waals surface area contributed by atoms with Gasteiger partial charge in [-0.05, 0) is 50.9 Å². The fourth-order valence-electron chi connectivity index (χ4n) is 5.26. The maximum absolute atomic E-state index is 2.33. The number of fused-ring (bicyclic) bond motifs is 6. The molecule has 6 rings (SSSR count). The van der Waals surface area contributed by atoms with Crippen LogP contribution >= 0.6 is 0 Å². The van der Waals surface area contributed by atoms with Gasteiger partial charge in [0.05, 0.1) is 0 Å². The van der Waals surface area contributed by atoms with Crippen LogP contribution in [0.25, 0.3) is 27.8 Å². The molecule has 1 atom stereocenters. The third kappa shape index (κ3) is 1.95. The van der Waals surface area contributed by atoms with Crippen molar-refractivity contribution in [2.75, 3.05) is 0 Å². The maximum Gasteiger partial charge on any atom is 0.0498 e. The Kier molecular flexibility index (Phi) is 3.25. The predicted octanol–water partition coefficient (Wildman–Crippen LogP) is 7.11. The van der Waals surface area contributed by atoms with Crippen molar-refractivity contribution in [2.45, 2.75) is 11.8 Å². The largest absolute Gasteiger partial charge is 0.0830 e. The van der Waals surface area contributed by atoms with E-state index < -0.39 is 0 Å². The molecule has 3 aromatic carbocycles. The van der Waals surface area contributed by atoms with Crippen molar-refractivity contribution in [1.82, 2.24) is 0 Å². The monoisotopic (exact) mass is 356 g/mol. The molecule has 132 valence electrons. The lowest BCUT2D eigenvalue weighted by atomic mass is 9.58. The lowest BCUT2D eigenvalue weighted by Crippen LogP contribution is -2.33. The molecule has 0 saturated heterocycles. The smallest absolute Gasteiger partial charge is 0.0498 e. The van der Waals surface area contributed by atoms with Gasteiger partial charge >= 0.3 is 0 Å². The first-order valence-electron chi connectivity index (χ1n) is 9.94. The van der Waals surface area contributed by atoms with Crippen molar-refractivity contribution >= 4 is 5.57 Å². The van der Waals surface area contributed by atoms with Crippen LogP contribution < -0.4 is 0 Å². The molecule has 0 aromatic heterocycles. The van der Waals surface area contributed by atoms with Gasteiger partial charge in [0.15, 0.2) is 0 Å². The Hall–Kier alpha value is -3.38. The summed E-state index contributed by atoms with van der Waals surface area (Å²) in [6.45, 7) is 0. The van der Waals surface area contributed by atoms with Gasteiger partial charge in [-0.2, -0.15) is 0 Å². The molecule has 1 unspecified atom stereocenters. The fraction of sp³-hybridized carbons (Fsp3) is 0.0714. The Labute approximate surface area is 165 Å². The normalized spacial score (nSPS) is 21.0. The van der Waals surface area contributed by atoms with Crippen LogP contribution in [0.3, 0.4) is 0 Å². The van der Waals surface area contributed by atoms with Crippen LogP contribution in [0, 0.1) is 0 Å².